The van der Waals surface area contributed by atoms with Crippen LogP contribution in [0, 0.1) is 13.8 Å². The van der Waals surface area contributed by atoms with Crippen LogP contribution in [0.5, 0.6) is 0 Å². The van der Waals surface area contributed by atoms with Gasteiger partial charge in [-0.25, -0.2) is 13.2 Å². The van der Waals surface area contributed by atoms with E-state index in [1.165, 1.54) is 11.4 Å². The molecular formula is C18H21NO4S. The molecule has 0 amide bonds. The van der Waals surface area contributed by atoms with E-state index >= 15 is 0 Å². The quantitative estimate of drug-likeness (QED) is 0.779. The van der Waals surface area contributed by atoms with Crippen molar-refractivity contribution in [3.05, 3.63) is 59.2 Å². The molecule has 5 nitrogen and oxygen atoms in total. The number of hydrogen-bond donors (Lipinski definition) is 0. The first-order valence-corrected chi connectivity index (χ1v) is 9.03. The molecule has 0 aliphatic carbocycles. The summed E-state index contributed by atoms with van der Waals surface area (Å²) in [6.07, 6.45) is 0. The zero-order valence-electron chi connectivity index (χ0n) is 14.2. The number of rotatable bonds is 5. The number of anilines is 1. The van der Waals surface area contributed by atoms with Crippen LogP contribution in [-0.4, -0.2) is 28.0 Å². The lowest BCUT2D eigenvalue weighted by atomic mass is 10.1. The Hall–Kier alpha value is -2.34. The second-order valence-electron chi connectivity index (χ2n) is 5.48. The summed E-state index contributed by atoms with van der Waals surface area (Å²) >= 11 is 0. The highest BCUT2D eigenvalue weighted by molar-refractivity contribution is 7.92. The largest absolute Gasteiger partial charge is 0.465 e. The van der Waals surface area contributed by atoms with Crippen molar-refractivity contribution < 1.29 is 17.9 Å². The third kappa shape index (κ3) is 3.43. The van der Waals surface area contributed by atoms with Gasteiger partial charge in [-0.15, -0.1) is 0 Å². The third-order valence-electron chi connectivity index (χ3n) is 3.80. The maximum absolute atomic E-state index is 13.0. The minimum absolute atomic E-state index is 0.220. The molecular weight excluding hydrogens is 326 g/mol. The molecule has 0 atom stereocenters. The van der Waals surface area contributed by atoms with Crippen molar-refractivity contribution in [3.8, 4) is 0 Å². The van der Waals surface area contributed by atoms with E-state index in [4.69, 9.17) is 4.74 Å². The number of esters is 1. The second-order valence-corrected chi connectivity index (χ2v) is 7.34. The Morgan fingerprint density at radius 2 is 1.71 bits per heavy atom. The van der Waals surface area contributed by atoms with E-state index in [-0.39, 0.29) is 11.4 Å². The summed E-state index contributed by atoms with van der Waals surface area (Å²) in [6, 6.07) is 11.6. The number of carbonyl (C=O) groups excluding carboxylic acids is 1. The minimum atomic E-state index is -3.71. The van der Waals surface area contributed by atoms with Crippen molar-refractivity contribution in [2.45, 2.75) is 25.7 Å². The normalized spacial score (nSPS) is 11.2. The molecule has 0 unspecified atom stereocenters. The lowest BCUT2D eigenvalue weighted by Gasteiger charge is -2.25. The van der Waals surface area contributed by atoms with Crippen molar-refractivity contribution in [3.63, 3.8) is 0 Å². The number of sulfonamides is 1. The van der Waals surface area contributed by atoms with Crippen molar-refractivity contribution in [2.24, 2.45) is 0 Å². The van der Waals surface area contributed by atoms with Crippen LogP contribution < -0.4 is 4.31 Å². The Labute approximate surface area is 142 Å². The molecule has 0 N–H and O–H groups in total. The molecule has 2 aromatic carbocycles. The Morgan fingerprint density at radius 1 is 1.08 bits per heavy atom. The number of benzene rings is 2. The van der Waals surface area contributed by atoms with Gasteiger partial charge in [0.2, 0.25) is 0 Å². The molecule has 0 aliphatic rings. The number of aryl methyl sites for hydroxylation is 2. The van der Waals surface area contributed by atoms with E-state index in [9.17, 15) is 13.2 Å². The summed E-state index contributed by atoms with van der Waals surface area (Å²) in [6.45, 7) is 5.72. The van der Waals surface area contributed by atoms with Crippen molar-refractivity contribution >= 4 is 21.7 Å². The molecule has 0 bridgehead atoms. The molecule has 0 spiro atoms. The van der Waals surface area contributed by atoms with E-state index < -0.39 is 16.0 Å². The van der Waals surface area contributed by atoms with Gasteiger partial charge in [0.25, 0.3) is 10.0 Å². The summed E-state index contributed by atoms with van der Waals surface area (Å²) in [5, 5.41) is 0. The van der Waals surface area contributed by atoms with Crippen LogP contribution in [0.3, 0.4) is 0 Å². The Morgan fingerprint density at radius 3 is 2.25 bits per heavy atom. The molecule has 0 heterocycles. The molecule has 0 radical (unpaired) electrons. The SMILES string of the molecule is CCN(c1cc(C(=O)OC)ccc1C)S(=O)(=O)c1ccc(C)cc1. The summed E-state index contributed by atoms with van der Waals surface area (Å²) in [7, 11) is -2.42. The van der Waals surface area contributed by atoms with Gasteiger partial charge in [0.15, 0.2) is 0 Å². The van der Waals surface area contributed by atoms with E-state index in [0.717, 1.165) is 11.1 Å². The van der Waals surface area contributed by atoms with E-state index in [1.54, 1.807) is 49.4 Å². The second kappa shape index (κ2) is 7.05. The fraction of sp³-hybridized carbons (Fsp3) is 0.278. The van der Waals surface area contributed by atoms with Gasteiger partial charge in [-0.1, -0.05) is 23.8 Å². The molecule has 0 saturated heterocycles. The van der Waals surface area contributed by atoms with Crippen molar-refractivity contribution in [1.29, 1.82) is 0 Å². The lowest BCUT2D eigenvalue weighted by molar-refractivity contribution is 0.0600. The molecule has 128 valence electrons. The average Bonchev–Trinajstić information content (AvgIpc) is 2.56. The topological polar surface area (TPSA) is 63.7 Å². The maximum Gasteiger partial charge on any atom is 0.337 e. The maximum atomic E-state index is 13.0. The number of nitrogens with zero attached hydrogens (tertiary/aromatic N) is 1. The van der Waals surface area contributed by atoms with Gasteiger partial charge >= 0.3 is 5.97 Å². The average molecular weight is 347 g/mol. The lowest BCUT2D eigenvalue weighted by Crippen LogP contribution is -2.31. The first-order valence-electron chi connectivity index (χ1n) is 7.59. The Bertz CT molecular complexity index is 842. The molecule has 0 fully saturated rings. The van der Waals surface area contributed by atoms with Gasteiger partial charge in [-0.3, -0.25) is 4.31 Å². The number of methoxy groups -OCH3 is 1. The molecule has 0 aliphatic heterocycles. The van der Waals surface area contributed by atoms with Gasteiger partial charge in [0.05, 0.1) is 23.3 Å². The highest BCUT2D eigenvalue weighted by Crippen LogP contribution is 2.28. The molecule has 0 aromatic heterocycles. The van der Waals surface area contributed by atoms with Gasteiger partial charge in [-0.2, -0.15) is 0 Å². The van der Waals surface area contributed by atoms with Crippen LogP contribution in [0.25, 0.3) is 0 Å². The molecule has 0 saturated carbocycles. The first-order chi connectivity index (χ1) is 11.3. The fourth-order valence-electron chi connectivity index (χ4n) is 2.43. The summed E-state index contributed by atoms with van der Waals surface area (Å²) in [5.74, 6) is -0.500. The monoisotopic (exact) mass is 347 g/mol. The Balaban J connectivity index is 2.55. The van der Waals surface area contributed by atoms with Crippen LogP contribution in [-0.2, 0) is 14.8 Å². The minimum Gasteiger partial charge on any atom is -0.465 e. The molecule has 6 heteroatoms. The van der Waals surface area contributed by atoms with E-state index in [1.807, 2.05) is 13.8 Å². The van der Waals surface area contributed by atoms with Crippen LogP contribution in [0.4, 0.5) is 5.69 Å². The van der Waals surface area contributed by atoms with Crippen LogP contribution in [0.2, 0.25) is 0 Å². The summed E-state index contributed by atoms with van der Waals surface area (Å²) in [4.78, 5) is 12.0. The predicted molar refractivity (Wildman–Crippen MR) is 93.9 cm³/mol. The highest BCUT2D eigenvalue weighted by Gasteiger charge is 2.25. The van der Waals surface area contributed by atoms with Crippen molar-refractivity contribution in [2.75, 3.05) is 18.0 Å². The van der Waals surface area contributed by atoms with Gasteiger partial charge in [0, 0.05) is 6.54 Å². The van der Waals surface area contributed by atoms with Crippen molar-refractivity contribution in [1.82, 2.24) is 0 Å². The van der Waals surface area contributed by atoms with Crippen LogP contribution in [0.1, 0.15) is 28.4 Å². The molecule has 2 aromatic rings. The van der Waals surface area contributed by atoms with Crippen LogP contribution >= 0.6 is 0 Å². The molecule has 24 heavy (non-hydrogen) atoms. The summed E-state index contributed by atoms with van der Waals surface area (Å²) in [5.41, 5.74) is 2.54. The summed E-state index contributed by atoms with van der Waals surface area (Å²) < 4.78 is 32.0. The zero-order chi connectivity index (χ0) is 17.9. The standard InChI is InChI=1S/C18H21NO4S/c1-5-19(24(21,22)16-10-6-13(2)7-11-16)17-12-15(18(20)23-4)9-8-14(17)3/h6-12H,5H2,1-4H3. The van der Waals surface area contributed by atoms with Crippen LogP contribution in [0.15, 0.2) is 47.4 Å². The van der Waals surface area contributed by atoms with E-state index in [2.05, 4.69) is 0 Å². The fourth-order valence-corrected chi connectivity index (χ4v) is 3.96. The predicted octanol–water partition coefficient (Wildman–Crippen LogP) is 3.31. The van der Waals surface area contributed by atoms with Gasteiger partial charge in [0.1, 0.15) is 0 Å². The Kier molecular flexibility index (Phi) is 5.29. The van der Waals surface area contributed by atoms with E-state index in [0.29, 0.717) is 11.3 Å². The third-order valence-corrected chi connectivity index (χ3v) is 5.70. The number of hydrogen-bond acceptors (Lipinski definition) is 4. The number of ether oxygens (including phenoxy) is 1. The zero-order valence-corrected chi connectivity index (χ0v) is 15.1. The molecule has 2 rings (SSSR count). The van der Waals surface area contributed by atoms with Gasteiger partial charge in [-0.05, 0) is 50.6 Å². The first kappa shape index (κ1) is 18.0. The highest BCUT2D eigenvalue weighted by atomic mass is 32.2. The van der Waals surface area contributed by atoms with Gasteiger partial charge < -0.3 is 4.74 Å². The number of carbonyl (C=O) groups is 1. The smallest absolute Gasteiger partial charge is 0.337 e.